The lowest BCUT2D eigenvalue weighted by molar-refractivity contribution is -0.155. The number of carbonyl (C=O) groups is 4. The minimum Gasteiger partial charge on any atom is -0.463 e. The first-order valence-corrected chi connectivity index (χ1v) is 8.70. The number of ether oxygens (including phenoxy) is 1. The highest BCUT2D eigenvalue weighted by molar-refractivity contribution is 5.94. The number of amides is 3. The Morgan fingerprint density at radius 1 is 1.16 bits per heavy atom. The SMILES string of the molecule is CCC(C)OC(=O)CC1C(=O)NCCN1C(=O)CC1NCCNC1=O. The maximum Gasteiger partial charge on any atom is 0.308 e. The largest absolute Gasteiger partial charge is 0.463 e. The molecular formula is C16H26N4O5. The van der Waals surface area contributed by atoms with Gasteiger partial charge in [0.2, 0.25) is 17.7 Å². The summed E-state index contributed by atoms with van der Waals surface area (Å²) in [6.45, 7) is 5.42. The third-order valence-electron chi connectivity index (χ3n) is 4.43. The molecule has 0 bridgehead atoms. The second-order valence-electron chi connectivity index (χ2n) is 6.31. The summed E-state index contributed by atoms with van der Waals surface area (Å²) in [5.74, 6) is -1.44. The first-order valence-electron chi connectivity index (χ1n) is 8.70. The molecule has 140 valence electrons. The van der Waals surface area contributed by atoms with Crippen molar-refractivity contribution >= 4 is 23.7 Å². The van der Waals surface area contributed by atoms with E-state index in [1.165, 1.54) is 4.90 Å². The van der Waals surface area contributed by atoms with Gasteiger partial charge < -0.3 is 25.6 Å². The Labute approximate surface area is 146 Å². The van der Waals surface area contributed by atoms with Gasteiger partial charge in [-0.1, -0.05) is 6.92 Å². The fraction of sp³-hybridized carbons (Fsp3) is 0.750. The van der Waals surface area contributed by atoms with Crippen LogP contribution in [0.2, 0.25) is 0 Å². The van der Waals surface area contributed by atoms with E-state index in [4.69, 9.17) is 4.74 Å². The second-order valence-corrected chi connectivity index (χ2v) is 6.31. The summed E-state index contributed by atoms with van der Waals surface area (Å²) in [5.41, 5.74) is 0. The Bertz CT molecular complexity index is 539. The quantitative estimate of drug-likeness (QED) is 0.501. The lowest BCUT2D eigenvalue weighted by Gasteiger charge is -2.36. The van der Waals surface area contributed by atoms with Gasteiger partial charge in [-0.25, -0.2) is 0 Å². The van der Waals surface area contributed by atoms with Crippen molar-refractivity contribution in [3.05, 3.63) is 0 Å². The summed E-state index contributed by atoms with van der Waals surface area (Å²) in [7, 11) is 0. The smallest absolute Gasteiger partial charge is 0.308 e. The van der Waals surface area contributed by atoms with Gasteiger partial charge in [0, 0.05) is 26.2 Å². The molecule has 2 fully saturated rings. The molecule has 3 unspecified atom stereocenters. The highest BCUT2D eigenvalue weighted by Crippen LogP contribution is 2.14. The van der Waals surface area contributed by atoms with Crippen LogP contribution in [0.5, 0.6) is 0 Å². The Balaban J connectivity index is 1.99. The maximum atomic E-state index is 12.6. The van der Waals surface area contributed by atoms with Crippen molar-refractivity contribution in [2.24, 2.45) is 0 Å². The van der Waals surface area contributed by atoms with Crippen LogP contribution in [0.25, 0.3) is 0 Å². The summed E-state index contributed by atoms with van der Waals surface area (Å²) in [6, 6.07) is -1.51. The van der Waals surface area contributed by atoms with Crippen LogP contribution in [0.4, 0.5) is 0 Å². The van der Waals surface area contributed by atoms with Crippen LogP contribution in [0.1, 0.15) is 33.1 Å². The molecule has 9 nitrogen and oxygen atoms in total. The van der Waals surface area contributed by atoms with E-state index in [2.05, 4.69) is 16.0 Å². The number of rotatable bonds is 6. The molecule has 3 atom stereocenters. The van der Waals surface area contributed by atoms with Gasteiger partial charge in [0.1, 0.15) is 6.04 Å². The molecule has 0 radical (unpaired) electrons. The molecule has 2 rings (SSSR count). The van der Waals surface area contributed by atoms with E-state index in [0.29, 0.717) is 32.6 Å². The van der Waals surface area contributed by atoms with Crippen LogP contribution in [0, 0.1) is 0 Å². The Morgan fingerprint density at radius 2 is 1.88 bits per heavy atom. The molecule has 0 aromatic rings. The van der Waals surface area contributed by atoms with Crippen LogP contribution >= 0.6 is 0 Å². The summed E-state index contributed by atoms with van der Waals surface area (Å²) < 4.78 is 5.21. The fourth-order valence-corrected chi connectivity index (χ4v) is 2.83. The Hall–Kier alpha value is -2.16. The number of hydrogen-bond donors (Lipinski definition) is 3. The topological polar surface area (TPSA) is 117 Å². The van der Waals surface area contributed by atoms with Crippen LogP contribution in [-0.2, 0) is 23.9 Å². The van der Waals surface area contributed by atoms with Gasteiger partial charge in [-0.15, -0.1) is 0 Å². The lowest BCUT2D eigenvalue weighted by atomic mass is 10.1. The number of piperazine rings is 2. The number of nitrogens with one attached hydrogen (secondary N) is 3. The standard InChI is InChI=1S/C16H26N4O5/c1-3-10(2)25-14(22)9-12-16(24)19-6-7-20(12)13(21)8-11-15(23)18-5-4-17-11/h10-12,17H,3-9H2,1-2H3,(H,18,23)(H,19,24). The van der Waals surface area contributed by atoms with Gasteiger partial charge in [-0.05, 0) is 13.3 Å². The molecule has 3 amide bonds. The fourth-order valence-electron chi connectivity index (χ4n) is 2.83. The average molecular weight is 354 g/mol. The summed E-state index contributed by atoms with van der Waals surface area (Å²) in [4.78, 5) is 49.9. The van der Waals surface area contributed by atoms with E-state index < -0.39 is 18.1 Å². The molecule has 2 saturated heterocycles. The predicted octanol–water partition coefficient (Wildman–Crippen LogP) is -1.48. The van der Waals surface area contributed by atoms with Gasteiger partial charge in [-0.3, -0.25) is 19.2 Å². The van der Waals surface area contributed by atoms with Crippen molar-refractivity contribution < 1.29 is 23.9 Å². The normalized spacial score (nSPS) is 25.0. The van der Waals surface area contributed by atoms with Gasteiger partial charge in [0.15, 0.2) is 0 Å². The summed E-state index contributed by atoms with van der Waals surface area (Å²) >= 11 is 0. The molecular weight excluding hydrogens is 328 g/mol. The molecule has 25 heavy (non-hydrogen) atoms. The van der Waals surface area contributed by atoms with Crippen molar-refractivity contribution in [1.29, 1.82) is 0 Å². The molecule has 2 heterocycles. The molecule has 0 aromatic heterocycles. The van der Waals surface area contributed by atoms with E-state index in [0.717, 1.165) is 0 Å². The van der Waals surface area contributed by atoms with Gasteiger partial charge >= 0.3 is 5.97 Å². The van der Waals surface area contributed by atoms with Crippen LogP contribution in [0.15, 0.2) is 0 Å². The van der Waals surface area contributed by atoms with E-state index >= 15 is 0 Å². The predicted molar refractivity (Wildman–Crippen MR) is 88.4 cm³/mol. The monoisotopic (exact) mass is 354 g/mol. The van der Waals surface area contributed by atoms with Gasteiger partial charge in [0.05, 0.1) is 25.0 Å². The van der Waals surface area contributed by atoms with Crippen molar-refractivity contribution in [3.63, 3.8) is 0 Å². The zero-order valence-corrected chi connectivity index (χ0v) is 14.7. The molecule has 9 heteroatoms. The van der Waals surface area contributed by atoms with E-state index in [-0.39, 0.29) is 36.7 Å². The van der Waals surface area contributed by atoms with Crippen LogP contribution in [-0.4, -0.2) is 73.0 Å². The summed E-state index contributed by atoms with van der Waals surface area (Å²) in [6.07, 6.45) is 0.203. The number of esters is 1. The molecule has 0 saturated carbocycles. The highest BCUT2D eigenvalue weighted by Gasteiger charge is 2.37. The first kappa shape index (κ1) is 19.2. The molecule has 0 aliphatic carbocycles. The molecule has 3 N–H and O–H groups in total. The maximum absolute atomic E-state index is 12.6. The average Bonchev–Trinajstić information content (AvgIpc) is 2.58. The number of hydrogen-bond acceptors (Lipinski definition) is 6. The van der Waals surface area contributed by atoms with E-state index in [1.807, 2.05) is 6.92 Å². The van der Waals surface area contributed by atoms with Gasteiger partial charge in [-0.2, -0.15) is 0 Å². The van der Waals surface area contributed by atoms with Crippen LogP contribution < -0.4 is 16.0 Å². The number of nitrogens with zero attached hydrogens (tertiary/aromatic N) is 1. The summed E-state index contributed by atoms with van der Waals surface area (Å²) in [5, 5.41) is 8.35. The minimum absolute atomic E-state index is 0.0456. The van der Waals surface area contributed by atoms with E-state index in [1.54, 1.807) is 6.92 Å². The van der Waals surface area contributed by atoms with Crippen LogP contribution in [0.3, 0.4) is 0 Å². The molecule has 0 spiro atoms. The van der Waals surface area contributed by atoms with E-state index in [9.17, 15) is 19.2 Å². The van der Waals surface area contributed by atoms with Crippen molar-refractivity contribution in [2.75, 3.05) is 26.2 Å². The third kappa shape index (κ3) is 5.15. The van der Waals surface area contributed by atoms with Gasteiger partial charge in [0.25, 0.3) is 0 Å². The molecule has 2 aliphatic heterocycles. The number of carbonyl (C=O) groups excluding carboxylic acids is 4. The zero-order valence-electron chi connectivity index (χ0n) is 14.7. The first-order chi connectivity index (χ1) is 11.9. The minimum atomic E-state index is -0.899. The lowest BCUT2D eigenvalue weighted by Crippen LogP contribution is -2.60. The molecule has 0 aromatic carbocycles. The van der Waals surface area contributed by atoms with Crippen molar-refractivity contribution in [2.45, 2.75) is 51.3 Å². The highest BCUT2D eigenvalue weighted by atomic mass is 16.5. The Kier molecular flexibility index (Phi) is 6.74. The Morgan fingerprint density at radius 3 is 2.56 bits per heavy atom. The zero-order chi connectivity index (χ0) is 18.4. The van der Waals surface area contributed by atoms with Crippen molar-refractivity contribution in [1.82, 2.24) is 20.9 Å². The second kappa shape index (κ2) is 8.80. The molecule has 2 aliphatic rings. The third-order valence-corrected chi connectivity index (χ3v) is 4.43. The van der Waals surface area contributed by atoms with Crippen molar-refractivity contribution in [3.8, 4) is 0 Å².